The van der Waals surface area contributed by atoms with Crippen molar-refractivity contribution < 1.29 is 24.2 Å². The molecule has 2 amide bonds. The number of nitrogens with one attached hydrogen (secondary N) is 1. The number of likely N-dealkylation sites (tertiary alicyclic amines) is 1. The van der Waals surface area contributed by atoms with Crippen LogP contribution < -0.4 is 11.1 Å². The molecule has 8 nitrogen and oxygen atoms in total. The van der Waals surface area contributed by atoms with Gasteiger partial charge in [-0.15, -0.1) is 0 Å². The molecule has 1 aliphatic heterocycles. The summed E-state index contributed by atoms with van der Waals surface area (Å²) in [5.74, 6) is -1.29. The Morgan fingerprint density at radius 1 is 1.26 bits per heavy atom. The summed E-state index contributed by atoms with van der Waals surface area (Å²) in [6.07, 6.45) is 2.43. The molecule has 27 heavy (non-hydrogen) atoms. The molecule has 1 aliphatic rings. The van der Waals surface area contributed by atoms with Crippen LogP contribution in [0.3, 0.4) is 0 Å². The number of hydrogen-bond acceptors (Lipinski definition) is 5. The summed E-state index contributed by atoms with van der Waals surface area (Å²) in [6, 6.07) is 7.93. The van der Waals surface area contributed by atoms with Crippen LogP contribution in [0, 0.1) is 0 Å². The van der Waals surface area contributed by atoms with Gasteiger partial charge >= 0.3 is 12.1 Å². The van der Waals surface area contributed by atoms with Crippen molar-refractivity contribution in [3.8, 4) is 0 Å². The van der Waals surface area contributed by atoms with Gasteiger partial charge in [-0.2, -0.15) is 0 Å². The zero-order valence-electron chi connectivity index (χ0n) is 15.3. The zero-order chi connectivity index (χ0) is 19.6. The van der Waals surface area contributed by atoms with E-state index in [1.54, 1.807) is 0 Å². The molecule has 0 spiro atoms. The number of nitrogens with two attached hydrogens (primary N) is 1. The first kappa shape index (κ1) is 20.7. The largest absolute Gasteiger partial charge is 0.480 e. The van der Waals surface area contributed by atoms with Gasteiger partial charge in [0, 0.05) is 13.1 Å². The number of carboxylic acids is 1. The lowest BCUT2D eigenvalue weighted by Crippen LogP contribution is -2.48. The topological polar surface area (TPSA) is 122 Å². The van der Waals surface area contributed by atoms with Crippen LogP contribution in [0.2, 0.25) is 0 Å². The van der Waals surface area contributed by atoms with E-state index in [0.717, 1.165) is 5.56 Å². The van der Waals surface area contributed by atoms with Crippen LogP contribution >= 0.6 is 0 Å². The summed E-state index contributed by atoms with van der Waals surface area (Å²) < 4.78 is 5.10. The Kier molecular flexibility index (Phi) is 8.06. The summed E-state index contributed by atoms with van der Waals surface area (Å²) in [4.78, 5) is 36.4. The molecule has 148 valence electrons. The van der Waals surface area contributed by atoms with Crippen molar-refractivity contribution in [1.29, 1.82) is 0 Å². The predicted molar refractivity (Wildman–Crippen MR) is 98.8 cm³/mol. The lowest BCUT2D eigenvalue weighted by Gasteiger charge is -2.24. The minimum absolute atomic E-state index is 0.215. The molecule has 1 aromatic rings. The first-order valence-corrected chi connectivity index (χ1v) is 9.22. The Labute approximate surface area is 158 Å². The average Bonchev–Trinajstić information content (AvgIpc) is 3.16. The number of alkyl carbamates (subject to hydrolysis) is 1. The lowest BCUT2D eigenvalue weighted by atomic mass is 10.1. The van der Waals surface area contributed by atoms with E-state index in [1.807, 2.05) is 30.3 Å². The Morgan fingerprint density at radius 2 is 2.00 bits per heavy atom. The highest BCUT2D eigenvalue weighted by molar-refractivity contribution is 5.87. The first-order valence-electron chi connectivity index (χ1n) is 9.22. The SMILES string of the molecule is N[C@@H](CCCCNC(=O)OCc1ccccc1)C(=O)N1CCC[C@H]1C(=O)O. The monoisotopic (exact) mass is 377 g/mol. The number of carboxylic acid groups (broad SMARTS) is 1. The van der Waals surface area contributed by atoms with Crippen molar-refractivity contribution in [2.45, 2.75) is 50.8 Å². The van der Waals surface area contributed by atoms with Crippen LogP contribution in [-0.4, -0.2) is 53.1 Å². The molecular weight excluding hydrogens is 350 g/mol. The minimum atomic E-state index is -0.980. The standard InChI is InChI=1S/C19H27N3O5/c20-15(17(23)22-12-6-10-16(22)18(24)25)9-4-5-11-21-19(26)27-13-14-7-2-1-3-8-14/h1-3,7-8,15-16H,4-6,9-13,20H2,(H,21,26)(H,24,25)/t15-,16-/m0/s1. The van der Waals surface area contributed by atoms with Crippen LogP contribution in [0.1, 0.15) is 37.7 Å². The number of aliphatic carboxylic acids is 1. The minimum Gasteiger partial charge on any atom is -0.480 e. The third kappa shape index (κ3) is 6.56. The van der Waals surface area contributed by atoms with Crippen molar-refractivity contribution in [2.24, 2.45) is 5.73 Å². The summed E-state index contributed by atoms with van der Waals surface area (Å²) >= 11 is 0. The molecule has 1 heterocycles. The number of carbonyl (C=O) groups excluding carboxylic acids is 2. The van der Waals surface area contributed by atoms with E-state index >= 15 is 0 Å². The van der Waals surface area contributed by atoms with Crippen LogP contribution in [0.15, 0.2) is 30.3 Å². The summed E-state index contributed by atoms with van der Waals surface area (Å²) in [6.45, 7) is 1.08. The molecule has 1 saturated heterocycles. The number of amides is 2. The Bertz CT molecular complexity index is 637. The number of rotatable bonds is 9. The van der Waals surface area contributed by atoms with Crippen molar-refractivity contribution in [2.75, 3.05) is 13.1 Å². The van der Waals surface area contributed by atoms with Gasteiger partial charge in [-0.25, -0.2) is 9.59 Å². The van der Waals surface area contributed by atoms with Gasteiger partial charge in [-0.3, -0.25) is 4.79 Å². The quantitative estimate of drug-likeness (QED) is 0.561. The van der Waals surface area contributed by atoms with Gasteiger partial charge in [0.1, 0.15) is 12.6 Å². The van der Waals surface area contributed by atoms with E-state index in [1.165, 1.54) is 4.90 Å². The maximum atomic E-state index is 12.3. The van der Waals surface area contributed by atoms with Gasteiger partial charge in [-0.1, -0.05) is 30.3 Å². The molecule has 0 saturated carbocycles. The van der Waals surface area contributed by atoms with Crippen molar-refractivity contribution in [3.63, 3.8) is 0 Å². The Balaban J connectivity index is 1.58. The van der Waals surface area contributed by atoms with E-state index in [4.69, 9.17) is 15.6 Å². The van der Waals surface area contributed by atoms with E-state index in [0.29, 0.717) is 45.2 Å². The average molecular weight is 377 g/mol. The van der Waals surface area contributed by atoms with Crippen LogP contribution in [0.25, 0.3) is 0 Å². The molecule has 0 aliphatic carbocycles. The highest BCUT2D eigenvalue weighted by atomic mass is 16.5. The smallest absolute Gasteiger partial charge is 0.407 e. The summed E-state index contributed by atoms with van der Waals surface area (Å²) in [5.41, 5.74) is 6.83. The molecular formula is C19H27N3O5. The Morgan fingerprint density at radius 3 is 2.70 bits per heavy atom. The third-order valence-electron chi connectivity index (χ3n) is 4.56. The van der Waals surface area contributed by atoms with Crippen molar-refractivity contribution in [1.82, 2.24) is 10.2 Å². The molecule has 0 aromatic heterocycles. The van der Waals surface area contributed by atoms with Crippen molar-refractivity contribution >= 4 is 18.0 Å². The maximum absolute atomic E-state index is 12.3. The highest BCUT2D eigenvalue weighted by Gasteiger charge is 2.35. The predicted octanol–water partition coefficient (Wildman–Crippen LogP) is 1.49. The molecule has 1 aromatic carbocycles. The second-order valence-electron chi connectivity index (χ2n) is 6.62. The fourth-order valence-electron chi connectivity index (χ4n) is 3.08. The van der Waals surface area contributed by atoms with E-state index in [2.05, 4.69) is 5.32 Å². The van der Waals surface area contributed by atoms with Crippen LogP contribution in [0.4, 0.5) is 4.79 Å². The number of ether oxygens (including phenoxy) is 1. The number of hydrogen-bond donors (Lipinski definition) is 3. The van der Waals surface area contributed by atoms with Gasteiger partial charge < -0.3 is 25.8 Å². The van der Waals surface area contributed by atoms with Crippen LogP contribution in [-0.2, 0) is 20.9 Å². The van der Waals surface area contributed by atoms with E-state index in [-0.39, 0.29) is 12.5 Å². The molecule has 0 radical (unpaired) electrons. The molecule has 4 N–H and O–H groups in total. The van der Waals surface area contributed by atoms with Crippen molar-refractivity contribution in [3.05, 3.63) is 35.9 Å². The summed E-state index contributed by atoms with van der Waals surface area (Å²) in [7, 11) is 0. The van der Waals surface area contributed by atoms with Gasteiger partial charge in [0.25, 0.3) is 0 Å². The Hall–Kier alpha value is -2.61. The molecule has 0 bridgehead atoms. The number of unbranched alkanes of at least 4 members (excludes halogenated alkanes) is 1. The lowest BCUT2D eigenvalue weighted by molar-refractivity contribution is -0.148. The third-order valence-corrected chi connectivity index (χ3v) is 4.56. The highest BCUT2D eigenvalue weighted by Crippen LogP contribution is 2.19. The van der Waals surface area contributed by atoms with Gasteiger partial charge in [0.15, 0.2) is 0 Å². The normalized spacial score (nSPS) is 17.4. The fraction of sp³-hybridized carbons (Fsp3) is 0.526. The van der Waals surface area contributed by atoms with E-state index in [9.17, 15) is 14.4 Å². The van der Waals surface area contributed by atoms with Crippen LogP contribution in [0.5, 0.6) is 0 Å². The molecule has 1 fully saturated rings. The van der Waals surface area contributed by atoms with Gasteiger partial charge in [0.05, 0.1) is 6.04 Å². The zero-order valence-corrected chi connectivity index (χ0v) is 15.3. The summed E-state index contributed by atoms with van der Waals surface area (Å²) in [5, 5.41) is 11.8. The fourth-order valence-corrected chi connectivity index (χ4v) is 3.08. The van der Waals surface area contributed by atoms with Gasteiger partial charge in [0.2, 0.25) is 5.91 Å². The maximum Gasteiger partial charge on any atom is 0.407 e. The van der Waals surface area contributed by atoms with Gasteiger partial charge in [-0.05, 0) is 37.7 Å². The second-order valence-corrected chi connectivity index (χ2v) is 6.62. The molecule has 8 heteroatoms. The number of nitrogens with zero attached hydrogens (tertiary/aromatic N) is 1. The second kappa shape index (κ2) is 10.5. The molecule has 0 unspecified atom stereocenters. The number of benzene rings is 1. The van der Waals surface area contributed by atoms with E-state index < -0.39 is 24.1 Å². The first-order chi connectivity index (χ1) is 13.0. The molecule has 2 atom stereocenters. The molecule has 2 rings (SSSR count). The number of carbonyl (C=O) groups is 3.